The van der Waals surface area contributed by atoms with E-state index < -0.39 is 97.5 Å². The number of hydrogen-bond acceptors (Lipinski definition) is 15. The standard InChI is InChI=1S/C81H158O17P2/c1-8-10-11-12-13-14-15-23-31-36-41-50-57-64-81(86)98-77(69-92-79(84)63-56-49-44-43-46-53-60-73(5)6)71-96-100(89,90)94-67-75(82)66-93-99(87,88)95-70-76(68-91-78(83)62-55-48-40-35-30-27-22-24-28-33-38-45-52-59-72(3)4)97-80(85)65-58-51-42-37-32-26-21-19-17-16-18-20-25-29-34-39-47-54-61-74(7)9-2/h72-77,82H,8-71H2,1-7H3,(H,87,88)(H,89,90)/t74?,75-,76-,77-/m1/s1. The summed E-state index contributed by atoms with van der Waals surface area (Å²) in [6, 6.07) is 0. The van der Waals surface area contributed by atoms with Crippen molar-refractivity contribution in [3.63, 3.8) is 0 Å². The van der Waals surface area contributed by atoms with Gasteiger partial charge in [0.25, 0.3) is 0 Å². The number of carbonyl (C=O) groups excluding carboxylic acids is 4. The van der Waals surface area contributed by atoms with Gasteiger partial charge in [0.15, 0.2) is 12.2 Å². The van der Waals surface area contributed by atoms with E-state index in [-0.39, 0.29) is 25.7 Å². The molecule has 0 bridgehead atoms. The van der Waals surface area contributed by atoms with Crippen LogP contribution in [0.1, 0.15) is 421 Å². The van der Waals surface area contributed by atoms with E-state index in [9.17, 15) is 43.2 Å². The molecule has 0 aromatic heterocycles. The normalized spacial score (nSPS) is 14.2. The lowest BCUT2D eigenvalue weighted by Crippen LogP contribution is -2.30. The fraction of sp³-hybridized carbons (Fsp3) is 0.951. The topological polar surface area (TPSA) is 237 Å². The van der Waals surface area contributed by atoms with Gasteiger partial charge in [0, 0.05) is 25.7 Å². The van der Waals surface area contributed by atoms with E-state index in [1.54, 1.807) is 0 Å². The molecular weight excluding hydrogens is 1310 g/mol. The number of esters is 4. The summed E-state index contributed by atoms with van der Waals surface area (Å²) in [6.07, 6.45) is 59.8. The van der Waals surface area contributed by atoms with Crippen molar-refractivity contribution >= 4 is 39.5 Å². The summed E-state index contributed by atoms with van der Waals surface area (Å²) in [5.74, 6) is 0.229. The number of aliphatic hydroxyl groups is 1. The first kappa shape index (κ1) is 98.1. The molecule has 100 heavy (non-hydrogen) atoms. The first-order chi connectivity index (χ1) is 48.3. The Labute approximate surface area is 613 Å². The van der Waals surface area contributed by atoms with E-state index in [4.69, 9.17) is 37.0 Å². The van der Waals surface area contributed by atoms with Gasteiger partial charge in [0.2, 0.25) is 0 Å². The van der Waals surface area contributed by atoms with Crippen LogP contribution in [0.4, 0.5) is 0 Å². The number of phosphoric acid groups is 2. The predicted octanol–water partition coefficient (Wildman–Crippen LogP) is 24.1. The molecule has 0 radical (unpaired) electrons. The van der Waals surface area contributed by atoms with Gasteiger partial charge in [-0.25, -0.2) is 9.13 Å². The van der Waals surface area contributed by atoms with E-state index >= 15 is 0 Å². The van der Waals surface area contributed by atoms with Crippen LogP contribution < -0.4 is 0 Å². The number of aliphatic hydroxyl groups excluding tert-OH is 1. The van der Waals surface area contributed by atoms with Crippen LogP contribution in [-0.4, -0.2) is 96.7 Å². The molecule has 0 aliphatic heterocycles. The molecule has 0 saturated heterocycles. The van der Waals surface area contributed by atoms with Crippen LogP contribution in [0.25, 0.3) is 0 Å². The Hall–Kier alpha value is -1.94. The van der Waals surface area contributed by atoms with Crippen molar-refractivity contribution in [1.82, 2.24) is 0 Å². The van der Waals surface area contributed by atoms with Gasteiger partial charge in [0.1, 0.15) is 19.3 Å². The summed E-state index contributed by atoms with van der Waals surface area (Å²) in [5.41, 5.74) is 0. The second-order valence-electron chi connectivity index (χ2n) is 30.4. The molecule has 0 aliphatic rings. The highest BCUT2D eigenvalue weighted by Crippen LogP contribution is 2.45. The fourth-order valence-corrected chi connectivity index (χ4v) is 14.0. The summed E-state index contributed by atoms with van der Waals surface area (Å²) in [7, 11) is -9.92. The van der Waals surface area contributed by atoms with Crippen molar-refractivity contribution in [1.29, 1.82) is 0 Å². The summed E-state index contributed by atoms with van der Waals surface area (Å²) in [6.45, 7) is 11.9. The second-order valence-corrected chi connectivity index (χ2v) is 33.3. The number of phosphoric ester groups is 2. The average molecular weight is 1470 g/mol. The molecule has 6 atom stereocenters. The minimum Gasteiger partial charge on any atom is -0.462 e. The van der Waals surface area contributed by atoms with Crippen LogP contribution in [0.2, 0.25) is 0 Å². The SMILES string of the molecule is CCCCCCCCCCCCCCCC(=O)O[C@H](COC(=O)CCCCCCCCC(C)C)COP(=O)(O)OC[C@H](O)COP(=O)(O)OC[C@@H](COC(=O)CCCCCCCCCCCCCCCC(C)C)OC(=O)CCCCCCCCCCCCCCCCCCCCC(C)CC. The first-order valence-electron chi connectivity index (χ1n) is 41.9. The third-order valence-corrected chi connectivity index (χ3v) is 21.1. The smallest absolute Gasteiger partial charge is 0.462 e. The van der Waals surface area contributed by atoms with Crippen LogP contribution in [0.5, 0.6) is 0 Å². The fourth-order valence-electron chi connectivity index (χ4n) is 12.5. The Bertz CT molecular complexity index is 1940. The Morgan fingerprint density at radius 1 is 0.290 bits per heavy atom. The predicted molar refractivity (Wildman–Crippen MR) is 409 cm³/mol. The highest BCUT2D eigenvalue weighted by atomic mass is 31.2. The molecule has 0 fully saturated rings. The number of carbonyl (C=O) groups is 4. The van der Waals surface area contributed by atoms with Crippen LogP contribution in [0.15, 0.2) is 0 Å². The first-order valence-corrected chi connectivity index (χ1v) is 44.9. The van der Waals surface area contributed by atoms with Gasteiger partial charge < -0.3 is 33.8 Å². The molecule has 3 N–H and O–H groups in total. The number of unbranched alkanes of at least 4 members (excludes halogenated alkanes) is 46. The molecule has 0 aromatic carbocycles. The van der Waals surface area contributed by atoms with Crippen molar-refractivity contribution in [3.05, 3.63) is 0 Å². The van der Waals surface area contributed by atoms with E-state index in [1.807, 2.05) is 0 Å². The van der Waals surface area contributed by atoms with Crippen LogP contribution in [0.3, 0.4) is 0 Å². The third kappa shape index (κ3) is 73.0. The molecule has 3 unspecified atom stereocenters. The lowest BCUT2D eigenvalue weighted by atomic mass is 9.99. The molecule has 0 aliphatic carbocycles. The second kappa shape index (κ2) is 71.3. The lowest BCUT2D eigenvalue weighted by Gasteiger charge is -2.21. The van der Waals surface area contributed by atoms with Gasteiger partial charge in [-0.2, -0.15) is 0 Å². The summed E-state index contributed by atoms with van der Waals surface area (Å²) in [5, 5.41) is 10.6. The number of rotatable bonds is 79. The Balaban J connectivity index is 5.20. The summed E-state index contributed by atoms with van der Waals surface area (Å²) >= 11 is 0. The molecule has 17 nitrogen and oxygen atoms in total. The molecule has 19 heteroatoms. The van der Waals surface area contributed by atoms with Gasteiger partial charge in [-0.3, -0.25) is 37.3 Å². The van der Waals surface area contributed by atoms with E-state index in [0.29, 0.717) is 31.6 Å². The molecular formula is C81H158O17P2. The molecule has 0 heterocycles. The highest BCUT2D eigenvalue weighted by Gasteiger charge is 2.30. The monoisotopic (exact) mass is 1470 g/mol. The van der Waals surface area contributed by atoms with Crippen molar-refractivity contribution in [3.8, 4) is 0 Å². The van der Waals surface area contributed by atoms with Crippen molar-refractivity contribution < 1.29 is 80.2 Å². The van der Waals surface area contributed by atoms with Crippen LogP contribution in [0, 0.1) is 17.8 Å². The molecule has 0 rings (SSSR count). The number of hydrogen-bond donors (Lipinski definition) is 3. The largest absolute Gasteiger partial charge is 0.472 e. The Morgan fingerprint density at radius 3 is 0.760 bits per heavy atom. The van der Waals surface area contributed by atoms with Crippen molar-refractivity contribution in [2.75, 3.05) is 39.6 Å². The maximum atomic E-state index is 13.1. The summed E-state index contributed by atoms with van der Waals surface area (Å²) < 4.78 is 68.7. The van der Waals surface area contributed by atoms with E-state index in [1.165, 1.54) is 225 Å². The highest BCUT2D eigenvalue weighted by molar-refractivity contribution is 7.47. The van der Waals surface area contributed by atoms with Crippen LogP contribution >= 0.6 is 15.6 Å². The quantitative estimate of drug-likeness (QED) is 0.0222. The van der Waals surface area contributed by atoms with E-state index in [0.717, 1.165) is 108 Å². The lowest BCUT2D eigenvalue weighted by molar-refractivity contribution is -0.161. The minimum atomic E-state index is -4.96. The van der Waals surface area contributed by atoms with Crippen molar-refractivity contribution in [2.24, 2.45) is 17.8 Å². The zero-order valence-corrected chi connectivity index (χ0v) is 67.5. The molecule has 594 valence electrons. The van der Waals surface area contributed by atoms with Crippen LogP contribution in [-0.2, 0) is 65.4 Å². The molecule has 0 amide bonds. The molecule has 0 saturated carbocycles. The van der Waals surface area contributed by atoms with Gasteiger partial charge in [-0.15, -0.1) is 0 Å². The minimum absolute atomic E-state index is 0.107. The maximum Gasteiger partial charge on any atom is 0.472 e. The third-order valence-electron chi connectivity index (χ3n) is 19.2. The average Bonchev–Trinajstić information content (AvgIpc) is 0.926. The molecule has 0 spiro atoms. The van der Waals surface area contributed by atoms with Gasteiger partial charge in [0.05, 0.1) is 26.4 Å². The number of ether oxygens (including phenoxy) is 4. The van der Waals surface area contributed by atoms with Gasteiger partial charge in [-0.1, -0.05) is 370 Å². The van der Waals surface area contributed by atoms with Gasteiger partial charge >= 0.3 is 39.5 Å². The van der Waals surface area contributed by atoms with Crippen molar-refractivity contribution in [2.45, 2.75) is 439 Å². The molecule has 0 aromatic rings. The zero-order valence-electron chi connectivity index (χ0n) is 65.7. The summed E-state index contributed by atoms with van der Waals surface area (Å²) in [4.78, 5) is 72.9. The maximum absolute atomic E-state index is 13.1. The van der Waals surface area contributed by atoms with Gasteiger partial charge in [-0.05, 0) is 43.4 Å². The van der Waals surface area contributed by atoms with E-state index in [2.05, 4.69) is 48.5 Å². The Kier molecular flexibility index (Phi) is 69.9. The zero-order chi connectivity index (χ0) is 73.7. The Morgan fingerprint density at radius 2 is 0.510 bits per heavy atom.